The number of H-pyrrole nitrogens is 1. The van der Waals surface area contributed by atoms with Crippen LogP contribution in [0.4, 0.5) is 27.8 Å². The molecule has 1 fully saturated rings. The summed E-state index contributed by atoms with van der Waals surface area (Å²) in [4.78, 5) is 47.7. The van der Waals surface area contributed by atoms with Crippen molar-refractivity contribution in [3.05, 3.63) is 62.1 Å². The van der Waals surface area contributed by atoms with E-state index < -0.39 is 68.8 Å². The number of carbonyl (C=O) groups is 1. The quantitative estimate of drug-likeness (QED) is 0.209. The van der Waals surface area contributed by atoms with Gasteiger partial charge in [0.1, 0.15) is 17.5 Å². The molecule has 9 nitrogen and oxygen atoms in total. The van der Waals surface area contributed by atoms with Crippen molar-refractivity contribution in [3.63, 3.8) is 0 Å². The van der Waals surface area contributed by atoms with Gasteiger partial charge in [0.2, 0.25) is 5.91 Å². The SMILES string of the molecule is C=CC(=O)N1[C@H](C)CN(c2nc(=O)n3c4c(c(-c5c(F)cc(F)c6sc(=O)[nH]c56)c(C(F)(F)F)cc24)SCC(OC(C)C)C3)C[C@@H]1C. The van der Waals surface area contributed by atoms with Crippen molar-refractivity contribution in [2.24, 2.45) is 0 Å². The number of hydrogen-bond donors (Lipinski definition) is 1. The standard InChI is InChI=1S/C31H30F5N5O4S2/c1-6-21(42)41-14(4)9-39(10-15(41)5)28-17-7-18(31(34,35)36)22(23-19(32)8-20(33)26-24(23)37-30(44)47-26)27-25(17)40(29(43)38-28)11-16(12-46-27)45-13(2)3/h6-8,13-16H,1,9-12H2,2-5H3,(H,37,44)/t14-,15+,16?. The highest BCUT2D eigenvalue weighted by atomic mass is 32.2. The van der Waals surface area contributed by atoms with E-state index >= 15 is 17.6 Å². The van der Waals surface area contributed by atoms with Gasteiger partial charge < -0.3 is 19.5 Å². The number of halogens is 5. The van der Waals surface area contributed by atoms with Crippen molar-refractivity contribution in [1.82, 2.24) is 19.4 Å². The first kappa shape index (κ1) is 33.2. The molecule has 0 radical (unpaired) electrons. The molecule has 2 aromatic heterocycles. The van der Waals surface area contributed by atoms with Gasteiger partial charge in [-0.05, 0) is 39.8 Å². The molecule has 2 aliphatic heterocycles. The Hall–Kier alpha value is -3.76. The number of nitrogens with one attached hydrogen (secondary N) is 1. The summed E-state index contributed by atoms with van der Waals surface area (Å²) in [6, 6.07) is 0.486. The number of alkyl halides is 3. The van der Waals surface area contributed by atoms with Crippen LogP contribution >= 0.6 is 23.1 Å². The largest absolute Gasteiger partial charge is 0.417 e. The van der Waals surface area contributed by atoms with Crippen LogP contribution in [0.25, 0.3) is 32.2 Å². The fourth-order valence-corrected chi connectivity index (χ4v) is 8.64. The third kappa shape index (κ3) is 5.73. The molecule has 0 spiro atoms. The highest BCUT2D eigenvalue weighted by Crippen LogP contribution is 2.50. The lowest BCUT2D eigenvalue weighted by atomic mass is 9.94. The van der Waals surface area contributed by atoms with Gasteiger partial charge in [0.25, 0.3) is 0 Å². The molecule has 0 saturated carbocycles. The van der Waals surface area contributed by atoms with E-state index in [0.29, 0.717) is 17.4 Å². The Bertz CT molecular complexity index is 2040. The Labute approximate surface area is 273 Å². The molecule has 1 unspecified atom stereocenters. The van der Waals surface area contributed by atoms with Crippen molar-refractivity contribution in [3.8, 4) is 11.1 Å². The summed E-state index contributed by atoms with van der Waals surface area (Å²) in [5.41, 5.74) is -3.57. The second kappa shape index (κ2) is 12.0. The Morgan fingerprint density at radius 2 is 1.79 bits per heavy atom. The Morgan fingerprint density at radius 1 is 1.11 bits per heavy atom. The number of aromatic nitrogens is 3. The number of benzene rings is 2. The van der Waals surface area contributed by atoms with Crippen LogP contribution in [0.5, 0.6) is 0 Å². The third-order valence-corrected chi connectivity index (χ3v) is 10.4. The molecule has 47 heavy (non-hydrogen) atoms. The second-order valence-electron chi connectivity index (χ2n) is 12.0. The van der Waals surface area contributed by atoms with Crippen molar-refractivity contribution in [1.29, 1.82) is 0 Å². The number of thiazole rings is 1. The average Bonchev–Trinajstić information content (AvgIpc) is 3.26. The minimum Gasteiger partial charge on any atom is -0.373 e. The van der Waals surface area contributed by atoms with E-state index in [9.17, 15) is 18.8 Å². The molecular weight excluding hydrogens is 665 g/mol. The number of hydrogen-bond acceptors (Lipinski definition) is 8. The maximum absolute atomic E-state index is 15.8. The summed E-state index contributed by atoms with van der Waals surface area (Å²) in [5.74, 6) is -2.62. The highest BCUT2D eigenvalue weighted by molar-refractivity contribution is 7.99. The molecule has 4 heterocycles. The zero-order chi connectivity index (χ0) is 34.1. The Balaban J connectivity index is 1.71. The van der Waals surface area contributed by atoms with E-state index in [1.165, 1.54) is 10.6 Å². The molecule has 250 valence electrons. The van der Waals surface area contributed by atoms with Crippen molar-refractivity contribution >= 4 is 55.9 Å². The van der Waals surface area contributed by atoms with E-state index in [2.05, 4.69) is 16.5 Å². The summed E-state index contributed by atoms with van der Waals surface area (Å²) in [5, 5.41) is -0.00570. The molecule has 6 rings (SSSR count). The number of carbonyl (C=O) groups excluding carboxylic acids is 1. The molecule has 0 bridgehead atoms. The molecule has 2 aromatic carbocycles. The maximum Gasteiger partial charge on any atom is 0.417 e. The van der Waals surface area contributed by atoms with Crippen LogP contribution in [-0.4, -0.2) is 68.5 Å². The molecule has 2 aliphatic rings. The van der Waals surface area contributed by atoms with Gasteiger partial charge in [-0.3, -0.25) is 14.2 Å². The third-order valence-electron chi connectivity index (χ3n) is 8.27. The Kier molecular flexibility index (Phi) is 8.49. The summed E-state index contributed by atoms with van der Waals surface area (Å²) in [7, 11) is 0. The van der Waals surface area contributed by atoms with Crippen LogP contribution in [0.2, 0.25) is 0 Å². The van der Waals surface area contributed by atoms with Crippen LogP contribution in [0.3, 0.4) is 0 Å². The summed E-state index contributed by atoms with van der Waals surface area (Å²) >= 11 is 1.38. The zero-order valence-corrected chi connectivity index (χ0v) is 27.3. The molecule has 3 atom stereocenters. The monoisotopic (exact) mass is 695 g/mol. The van der Waals surface area contributed by atoms with Crippen molar-refractivity contribution in [2.45, 2.75) is 69.6 Å². The number of amides is 1. The summed E-state index contributed by atoms with van der Waals surface area (Å²) in [6.07, 6.45) is -4.78. The zero-order valence-electron chi connectivity index (χ0n) is 25.7. The normalized spacial score (nSPS) is 20.3. The predicted molar refractivity (Wildman–Crippen MR) is 171 cm³/mol. The molecule has 0 aliphatic carbocycles. The molecule has 1 amide bonds. The van der Waals surface area contributed by atoms with E-state index in [1.54, 1.807) is 37.5 Å². The number of rotatable bonds is 5. The fraction of sp³-hybridized carbons (Fsp3) is 0.419. The number of fused-ring (bicyclic) bond motifs is 1. The van der Waals surface area contributed by atoms with Crippen molar-refractivity contribution in [2.75, 3.05) is 23.7 Å². The molecule has 1 saturated heterocycles. The Morgan fingerprint density at radius 3 is 2.40 bits per heavy atom. The maximum atomic E-state index is 15.8. The lowest BCUT2D eigenvalue weighted by Gasteiger charge is -2.44. The van der Waals surface area contributed by atoms with Crippen LogP contribution in [0, 0.1) is 11.6 Å². The number of anilines is 1. The first-order chi connectivity index (χ1) is 22.1. The number of nitrogens with zero attached hydrogens (tertiary/aromatic N) is 4. The summed E-state index contributed by atoms with van der Waals surface area (Å²) in [6.45, 7) is 10.9. The predicted octanol–water partition coefficient (Wildman–Crippen LogP) is 5.77. The molecule has 4 aromatic rings. The van der Waals surface area contributed by atoms with Gasteiger partial charge in [-0.25, -0.2) is 13.6 Å². The smallest absolute Gasteiger partial charge is 0.373 e. The van der Waals surface area contributed by atoms with Crippen LogP contribution in [0.1, 0.15) is 33.3 Å². The average molecular weight is 696 g/mol. The lowest BCUT2D eigenvalue weighted by molar-refractivity contribution is -0.137. The van der Waals surface area contributed by atoms with Crippen molar-refractivity contribution < 1.29 is 31.5 Å². The number of piperazine rings is 1. The van der Waals surface area contributed by atoms with Gasteiger partial charge in [0.15, 0.2) is 0 Å². The number of thioether (sulfide) groups is 1. The first-order valence-corrected chi connectivity index (χ1v) is 16.6. The summed E-state index contributed by atoms with van der Waals surface area (Å²) < 4.78 is 83.0. The molecule has 16 heteroatoms. The molecular formula is C31H30F5N5O4S2. The van der Waals surface area contributed by atoms with Crippen LogP contribution in [0.15, 0.2) is 39.3 Å². The topological polar surface area (TPSA) is 101 Å². The first-order valence-electron chi connectivity index (χ1n) is 14.8. The minimum atomic E-state index is -5.06. The van der Waals surface area contributed by atoms with Crippen LogP contribution in [-0.2, 0) is 22.3 Å². The lowest BCUT2D eigenvalue weighted by Crippen LogP contribution is -2.58. The van der Waals surface area contributed by atoms with E-state index in [0.717, 1.165) is 17.8 Å². The van der Waals surface area contributed by atoms with Gasteiger partial charge in [-0.1, -0.05) is 17.9 Å². The second-order valence-corrected chi connectivity index (χ2v) is 14.0. The van der Waals surface area contributed by atoms with Gasteiger partial charge in [0, 0.05) is 58.4 Å². The van der Waals surface area contributed by atoms with E-state index in [4.69, 9.17) is 4.74 Å². The van der Waals surface area contributed by atoms with Gasteiger partial charge in [-0.2, -0.15) is 18.2 Å². The number of aromatic amines is 1. The molecule has 1 N–H and O–H groups in total. The fourth-order valence-electron chi connectivity index (χ4n) is 6.64. The highest BCUT2D eigenvalue weighted by Gasteiger charge is 2.41. The van der Waals surface area contributed by atoms with Gasteiger partial charge >= 0.3 is 16.7 Å². The minimum absolute atomic E-state index is 0.00570. The van der Waals surface area contributed by atoms with Gasteiger partial charge in [-0.15, -0.1) is 11.8 Å². The van der Waals surface area contributed by atoms with Crippen LogP contribution < -0.4 is 15.5 Å². The van der Waals surface area contributed by atoms with Gasteiger partial charge in [0.05, 0.1) is 40.0 Å². The number of ether oxygens (including phenoxy) is 1. The van der Waals surface area contributed by atoms with E-state index in [-0.39, 0.29) is 63.7 Å². The van der Waals surface area contributed by atoms with E-state index in [1.807, 2.05) is 0 Å².